The van der Waals surface area contributed by atoms with Crippen LogP contribution in [-0.2, 0) is 19.4 Å². The van der Waals surface area contributed by atoms with Gasteiger partial charge in [-0.2, -0.15) is 0 Å². The van der Waals surface area contributed by atoms with Gasteiger partial charge < -0.3 is 16.0 Å². The van der Waals surface area contributed by atoms with Gasteiger partial charge in [-0.3, -0.25) is 9.79 Å². The predicted octanol–water partition coefficient (Wildman–Crippen LogP) is 3.20. The molecule has 0 bridgehead atoms. The number of amides is 1. The van der Waals surface area contributed by atoms with Crippen molar-refractivity contribution in [1.82, 2.24) is 16.0 Å². The Labute approximate surface area is 176 Å². The first-order valence-corrected chi connectivity index (χ1v) is 9.31. The van der Waals surface area contributed by atoms with Gasteiger partial charge in [-0.1, -0.05) is 19.1 Å². The van der Waals surface area contributed by atoms with E-state index >= 15 is 0 Å². The number of nitrogens with zero attached hydrogens (tertiary/aromatic N) is 1. The topological polar surface area (TPSA) is 65.5 Å². The lowest BCUT2D eigenvalue weighted by Gasteiger charge is -2.11. The van der Waals surface area contributed by atoms with Crippen LogP contribution < -0.4 is 16.0 Å². The average molecular weight is 486 g/mol. The van der Waals surface area contributed by atoms with E-state index < -0.39 is 0 Å². The minimum Gasteiger partial charge on any atom is -0.356 e. The predicted molar refractivity (Wildman–Crippen MR) is 121 cm³/mol. The van der Waals surface area contributed by atoms with E-state index in [0.717, 1.165) is 37.5 Å². The number of thiophene rings is 1. The molecule has 0 radical (unpaired) electrons. The van der Waals surface area contributed by atoms with Crippen LogP contribution in [0.5, 0.6) is 0 Å². The first kappa shape index (κ1) is 22.4. The summed E-state index contributed by atoms with van der Waals surface area (Å²) in [5.74, 6) is 0.726. The van der Waals surface area contributed by atoms with Crippen molar-refractivity contribution in [2.24, 2.45) is 4.99 Å². The third-order valence-corrected chi connectivity index (χ3v) is 5.07. The second-order valence-corrected chi connectivity index (χ2v) is 6.86. The zero-order valence-corrected chi connectivity index (χ0v) is 18.6. The van der Waals surface area contributed by atoms with E-state index in [-0.39, 0.29) is 29.9 Å². The first-order valence-electron chi connectivity index (χ1n) is 8.49. The summed E-state index contributed by atoms with van der Waals surface area (Å²) in [4.78, 5) is 18.6. The maximum atomic E-state index is 11.7. The molecule has 7 heteroatoms. The molecule has 1 aromatic heterocycles. The smallest absolute Gasteiger partial charge is 0.251 e. The second-order valence-electron chi connectivity index (χ2n) is 5.60. The summed E-state index contributed by atoms with van der Waals surface area (Å²) in [6.45, 7) is 3.70. The third kappa shape index (κ3) is 6.95. The standard InChI is InChI=1S/C19H26N4OS.HI/c1-4-16-8-9-17(25-16)13-23-19(21-3)22-11-10-14-6-5-7-15(12-14)18(24)20-2;/h5-9,12H,4,10-11,13H2,1-3H3,(H,20,24)(H2,21,22,23);1H. The average Bonchev–Trinajstić information content (AvgIpc) is 3.12. The number of rotatable bonds is 7. The van der Waals surface area contributed by atoms with Crippen molar-refractivity contribution in [3.63, 3.8) is 0 Å². The molecule has 2 aromatic rings. The van der Waals surface area contributed by atoms with Crippen LogP contribution in [0.2, 0.25) is 0 Å². The number of halogens is 1. The highest BCUT2D eigenvalue weighted by molar-refractivity contribution is 14.0. The molecule has 0 fully saturated rings. The molecular weight excluding hydrogens is 459 g/mol. The molecule has 5 nitrogen and oxygen atoms in total. The number of aliphatic imine (C=N–C) groups is 1. The van der Waals surface area contributed by atoms with Crippen molar-refractivity contribution in [2.45, 2.75) is 26.3 Å². The molecule has 0 saturated heterocycles. The highest BCUT2D eigenvalue weighted by Gasteiger charge is 2.04. The highest BCUT2D eigenvalue weighted by atomic mass is 127. The van der Waals surface area contributed by atoms with E-state index in [9.17, 15) is 4.79 Å². The number of carbonyl (C=O) groups is 1. The number of hydrogen-bond acceptors (Lipinski definition) is 3. The number of guanidine groups is 1. The number of aryl methyl sites for hydroxylation is 1. The van der Waals surface area contributed by atoms with E-state index in [1.165, 1.54) is 9.75 Å². The van der Waals surface area contributed by atoms with Crippen LogP contribution in [0.4, 0.5) is 0 Å². The Bertz CT molecular complexity index is 730. The maximum absolute atomic E-state index is 11.7. The zero-order chi connectivity index (χ0) is 18.1. The maximum Gasteiger partial charge on any atom is 0.251 e. The molecule has 0 unspecified atom stereocenters. The fourth-order valence-electron chi connectivity index (χ4n) is 2.44. The molecule has 1 amide bonds. The summed E-state index contributed by atoms with van der Waals surface area (Å²) in [5, 5.41) is 9.30. The van der Waals surface area contributed by atoms with Gasteiger partial charge in [0.1, 0.15) is 0 Å². The minimum atomic E-state index is -0.0605. The van der Waals surface area contributed by atoms with Crippen LogP contribution in [0, 0.1) is 0 Å². The van der Waals surface area contributed by atoms with Gasteiger partial charge in [0.2, 0.25) is 0 Å². The summed E-state index contributed by atoms with van der Waals surface area (Å²) in [7, 11) is 3.41. The molecule has 1 aromatic carbocycles. The Morgan fingerprint density at radius 1 is 1.15 bits per heavy atom. The molecule has 0 spiro atoms. The van der Waals surface area contributed by atoms with Crippen molar-refractivity contribution in [2.75, 3.05) is 20.6 Å². The van der Waals surface area contributed by atoms with Crippen LogP contribution in [0.25, 0.3) is 0 Å². The fourth-order valence-corrected chi connectivity index (χ4v) is 3.33. The summed E-state index contributed by atoms with van der Waals surface area (Å²) in [6.07, 6.45) is 1.90. The Kier molecular flexibility index (Phi) is 10.3. The molecular formula is C19H27IN4OS. The van der Waals surface area contributed by atoms with Crippen molar-refractivity contribution >= 4 is 47.2 Å². The lowest BCUT2D eigenvalue weighted by Crippen LogP contribution is -2.37. The molecule has 0 atom stereocenters. The van der Waals surface area contributed by atoms with E-state index in [0.29, 0.717) is 5.56 Å². The molecule has 0 saturated carbocycles. The van der Waals surface area contributed by atoms with Gasteiger partial charge in [-0.15, -0.1) is 35.3 Å². The Morgan fingerprint density at radius 2 is 1.92 bits per heavy atom. The Morgan fingerprint density at radius 3 is 2.58 bits per heavy atom. The first-order chi connectivity index (χ1) is 12.2. The van der Waals surface area contributed by atoms with Crippen LogP contribution in [0.1, 0.15) is 32.6 Å². The molecule has 26 heavy (non-hydrogen) atoms. The Hall–Kier alpha value is -1.61. The number of hydrogen-bond donors (Lipinski definition) is 3. The quantitative estimate of drug-likeness (QED) is 0.320. The second kappa shape index (κ2) is 11.9. The summed E-state index contributed by atoms with van der Waals surface area (Å²) in [6, 6.07) is 12.0. The fraction of sp³-hybridized carbons (Fsp3) is 0.368. The minimum absolute atomic E-state index is 0. The normalized spacial score (nSPS) is 10.8. The van der Waals surface area contributed by atoms with Gasteiger partial charge in [-0.05, 0) is 42.7 Å². The molecule has 0 aliphatic carbocycles. The third-order valence-electron chi connectivity index (χ3n) is 3.84. The van der Waals surface area contributed by atoms with Crippen molar-refractivity contribution in [3.8, 4) is 0 Å². The van der Waals surface area contributed by atoms with Crippen LogP contribution in [0.3, 0.4) is 0 Å². The zero-order valence-electron chi connectivity index (χ0n) is 15.5. The SMILES string of the molecule is CCc1ccc(CNC(=NC)NCCc2cccc(C(=O)NC)c2)s1.I. The van der Waals surface area contributed by atoms with Crippen molar-refractivity contribution in [1.29, 1.82) is 0 Å². The van der Waals surface area contributed by atoms with Gasteiger partial charge >= 0.3 is 0 Å². The van der Waals surface area contributed by atoms with Gasteiger partial charge in [0, 0.05) is 36.0 Å². The molecule has 0 aliphatic heterocycles. The molecule has 3 N–H and O–H groups in total. The lowest BCUT2D eigenvalue weighted by molar-refractivity contribution is 0.0963. The van der Waals surface area contributed by atoms with Gasteiger partial charge in [0.05, 0.1) is 6.54 Å². The van der Waals surface area contributed by atoms with Crippen LogP contribution >= 0.6 is 35.3 Å². The number of benzene rings is 1. The van der Waals surface area contributed by atoms with E-state index in [4.69, 9.17) is 0 Å². The van der Waals surface area contributed by atoms with E-state index in [2.05, 4.69) is 40.0 Å². The molecule has 1 heterocycles. The number of nitrogens with one attached hydrogen (secondary N) is 3. The Balaban J connectivity index is 0.00000338. The summed E-state index contributed by atoms with van der Waals surface area (Å²) < 4.78 is 0. The largest absolute Gasteiger partial charge is 0.356 e. The summed E-state index contributed by atoms with van der Waals surface area (Å²) in [5.41, 5.74) is 1.81. The highest BCUT2D eigenvalue weighted by Crippen LogP contribution is 2.16. The summed E-state index contributed by atoms with van der Waals surface area (Å²) >= 11 is 1.83. The lowest BCUT2D eigenvalue weighted by atomic mass is 10.1. The van der Waals surface area contributed by atoms with Crippen molar-refractivity contribution in [3.05, 3.63) is 57.3 Å². The molecule has 0 aliphatic rings. The molecule has 142 valence electrons. The van der Waals surface area contributed by atoms with E-state index in [1.54, 1.807) is 14.1 Å². The van der Waals surface area contributed by atoms with Crippen LogP contribution in [0.15, 0.2) is 41.4 Å². The van der Waals surface area contributed by atoms with Gasteiger partial charge in [-0.25, -0.2) is 0 Å². The van der Waals surface area contributed by atoms with E-state index in [1.807, 2.05) is 35.6 Å². The van der Waals surface area contributed by atoms with Crippen LogP contribution in [-0.4, -0.2) is 32.5 Å². The van der Waals surface area contributed by atoms with Gasteiger partial charge in [0.15, 0.2) is 5.96 Å². The number of carbonyl (C=O) groups excluding carboxylic acids is 1. The monoisotopic (exact) mass is 486 g/mol. The van der Waals surface area contributed by atoms with Crippen molar-refractivity contribution < 1.29 is 4.79 Å². The molecule has 2 rings (SSSR count). The van der Waals surface area contributed by atoms with Gasteiger partial charge in [0.25, 0.3) is 5.91 Å².